The van der Waals surface area contributed by atoms with Crippen LogP contribution >= 0.6 is 23.2 Å². The van der Waals surface area contributed by atoms with E-state index in [0.717, 1.165) is 0 Å². The average Bonchev–Trinajstić information content (AvgIpc) is 3.07. The van der Waals surface area contributed by atoms with Gasteiger partial charge in [-0.05, 0) is 18.2 Å². The second-order valence-electron chi connectivity index (χ2n) is 5.89. The van der Waals surface area contributed by atoms with Gasteiger partial charge in [-0.2, -0.15) is 5.26 Å². The highest BCUT2D eigenvalue weighted by molar-refractivity contribution is 6.42. The van der Waals surface area contributed by atoms with Crippen LogP contribution in [0.25, 0.3) is 11.3 Å². The van der Waals surface area contributed by atoms with Crippen LogP contribution in [-0.2, 0) is 0 Å². The molecule has 1 aromatic heterocycles. The highest BCUT2D eigenvalue weighted by Crippen LogP contribution is 2.46. The van der Waals surface area contributed by atoms with E-state index in [1.165, 1.54) is 6.07 Å². The first-order valence-electron chi connectivity index (χ1n) is 7.87. The van der Waals surface area contributed by atoms with Gasteiger partial charge in [-0.1, -0.05) is 47.5 Å². The van der Waals surface area contributed by atoms with Gasteiger partial charge in [0, 0.05) is 11.1 Å². The van der Waals surface area contributed by atoms with Gasteiger partial charge in [-0.25, -0.2) is 4.39 Å². The van der Waals surface area contributed by atoms with E-state index in [2.05, 4.69) is 10.2 Å². The molecule has 8 heteroatoms. The summed E-state index contributed by atoms with van der Waals surface area (Å²) in [7, 11) is 0. The minimum absolute atomic E-state index is 0.106. The van der Waals surface area contributed by atoms with Crippen LogP contribution in [-0.4, -0.2) is 10.2 Å². The number of hydrogen-bond donors (Lipinski definition) is 2. The zero-order chi connectivity index (χ0) is 19.1. The Hall–Kier alpha value is -3.01. The Bertz CT molecular complexity index is 1130. The topological polar surface area (TPSA) is 87.7 Å². The van der Waals surface area contributed by atoms with Crippen molar-refractivity contribution in [2.24, 2.45) is 5.73 Å². The Morgan fingerprint density at radius 3 is 2.67 bits per heavy atom. The van der Waals surface area contributed by atoms with E-state index in [9.17, 15) is 9.65 Å². The molecular weight excluding hydrogens is 390 g/mol. The van der Waals surface area contributed by atoms with Crippen molar-refractivity contribution in [3.05, 3.63) is 80.9 Å². The third-order valence-corrected chi connectivity index (χ3v) is 5.10. The fourth-order valence-electron chi connectivity index (χ4n) is 3.14. The number of aromatic amines is 1. The normalized spacial score (nSPS) is 15.9. The third-order valence-electron chi connectivity index (χ3n) is 4.36. The maximum absolute atomic E-state index is 14.6. The summed E-state index contributed by atoms with van der Waals surface area (Å²) >= 11 is 12.1. The number of aromatic nitrogens is 2. The number of nitriles is 1. The number of hydrogen-bond acceptors (Lipinski definition) is 4. The van der Waals surface area contributed by atoms with Gasteiger partial charge >= 0.3 is 0 Å². The zero-order valence-corrected chi connectivity index (χ0v) is 15.1. The molecule has 5 nitrogen and oxygen atoms in total. The van der Waals surface area contributed by atoms with Gasteiger partial charge in [-0.3, -0.25) is 5.10 Å². The minimum atomic E-state index is -0.775. The number of halogens is 3. The number of nitrogens with two attached hydrogens (primary N) is 1. The van der Waals surface area contributed by atoms with Crippen LogP contribution in [0.5, 0.6) is 5.88 Å². The smallest absolute Gasteiger partial charge is 0.244 e. The maximum atomic E-state index is 14.6. The molecule has 1 aliphatic rings. The van der Waals surface area contributed by atoms with E-state index in [1.54, 1.807) is 36.4 Å². The SMILES string of the molecule is N#CC1=C(N)Oc2n[nH]c(-c3ccc(Cl)c(Cl)c3)c2C1c1ccccc1F. The average molecular weight is 401 g/mol. The van der Waals surface area contributed by atoms with E-state index < -0.39 is 11.7 Å². The summed E-state index contributed by atoms with van der Waals surface area (Å²) in [6, 6.07) is 13.3. The van der Waals surface area contributed by atoms with Crippen molar-refractivity contribution in [3.63, 3.8) is 0 Å². The van der Waals surface area contributed by atoms with Gasteiger partial charge in [0.15, 0.2) is 0 Å². The minimum Gasteiger partial charge on any atom is -0.420 e. The largest absolute Gasteiger partial charge is 0.420 e. The van der Waals surface area contributed by atoms with Crippen molar-refractivity contribution < 1.29 is 9.13 Å². The third kappa shape index (κ3) is 2.81. The summed E-state index contributed by atoms with van der Waals surface area (Å²) in [5.41, 5.74) is 8.01. The fourth-order valence-corrected chi connectivity index (χ4v) is 3.44. The summed E-state index contributed by atoms with van der Waals surface area (Å²) in [5, 5.41) is 17.4. The van der Waals surface area contributed by atoms with Crippen LogP contribution in [0, 0.1) is 17.1 Å². The fraction of sp³-hybridized carbons (Fsp3) is 0.0526. The van der Waals surface area contributed by atoms with Crippen LogP contribution in [0.2, 0.25) is 10.0 Å². The van der Waals surface area contributed by atoms with E-state index in [4.69, 9.17) is 33.7 Å². The Kier molecular flexibility index (Phi) is 4.27. The second-order valence-corrected chi connectivity index (χ2v) is 6.71. The van der Waals surface area contributed by atoms with Gasteiger partial charge in [-0.15, -0.1) is 5.10 Å². The summed E-state index contributed by atoms with van der Waals surface area (Å²) in [6.07, 6.45) is 0. The molecule has 3 N–H and O–H groups in total. The molecule has 134 valence electrons. The summed E-state index contributed by atoms with van der Waals surface area (Å²) in [4.78, 5) is 0. The van der Waals surface area contributed by atoms with Crippen LogP contribution in [0.15, 0.2) is 53.9 Å². The molecule has 0 bridgehead atoms. The van der Waals surface area contributed by atoms with Crippen LogP contribution in [0.4, 0.5) is 4.39 Å². The Balaban J connectivity index is 1.98. The maximum Gasteiger partial charge on any atom is 0.244 e. The van der Waals surface area contributed by atoms with Crippen molar-refractivity contribution in [1.82, 2.24) is 10.2 Å². The molecule has 0 aliphatic carbocycles. The van der Waals surface area contributed by atoms with E-state index in [-0.39, 0.29) is 17.3 Å². The Morgan fingerprint density at radius 2 is 1.96 bits per heavy atom. The quantitative estimate of drug-likeness (QED) is 0.649. The molecule has 0 amide bonds. The second kappa shape index (κ2) is 6.62. The lowest BCUT2D eigenvalue weighted by atomic mass is 9.83. The number of allylic oxidation sites excluding steroid dienone is 1. The number of nitrogens with one attached hydrogen (secondary N) is 1. The number of benzene rings is 2. The molecular formula is C19H11Cl2FN4O. The summed E-state index contributed by atoms with van der Waals surface area (Å²) < 4.78 is 20.1. The van der Waals surface area contributed by atoms with Gasteiger partial charge in [0.1, 0.15) is 17.5 Å². The predicted octanol–water partition coefficient (Wildman–Crippen LogP) is 4.74. The monoisotopic (exact) mass is 400 g/mol. The molecule has 0 spiro atoms. The molecule has 3 aromatic rings. The number of fused-ring (bicyclic) bond motifs is 1. The lowest BCUT2D eigenvalue weighted by Crippen LogP contribution is -2.21. The number of nitrogens with zero attached hydrogens (tertiary/aromatic N) is 2. The van der Waals surface area contributed by atoms with Crippen LogP contribution in [0.3, 0.4) is 0 Å². The highest BCUT2D eigenvalue weighted by Gasteiger charge is 2.36. The van der Waals surface area contributed by atoms with Crippen molar-refractivity contribution in [2.75, 3.05) is 0 Å². The number of rotatable bonds is 2. The number of H-pyrrole nitrogens is 1. The van der Waals surface area contributed by atoms with Gasteiger partial charge in [0.25, 0.3) is 0 Å². The molecule has 2 heterocycles. The molecule has 1 unspecified atom stereocenters. The molecule has 0 saturated carbocycles. The predicted molar refractivity (Wildman–Crippen MR) is 99.7 cm³/mol. The van der Waals surface area contributed by atoms with Crippen molar-refractivity contribution >= 4 is 23.2 Å². The molecule has 0 radical (unpaired) electrons. The highest BCUT2D eigenvalue weighted by atomic mass is 35.5. The van der Waals surface area contributed by atoms with Crippen LogP contribution < -0.4 is 10.5 Å². The zero-order valence-electron chi connectivity index (χ0n) is 13.6. The molecule has 1 atom stereocenters. The standard InChI is InChI=1S/C19H11Cl2FN4O/c20-12-6-5-9(7-13(12)21)17-16-15(10-3-1-2-4-14(10)22)11(8-23)18(24)27-19(16)26-25-17/h1-7,15H,24H2,(H,25,26). The molecule has 1 aliphatic heterocycles. The lowest BCUT2D eigenvalue weighted by molar-refractivity contribution is 0.378. The summed E-state index contributed by atoms with van der Waals surface area (Å²) in [6.45, 7) is 0. The first-order valence-corrected chi connectivity index (χ1v) is 8.62. The van der Waals surface area contributed by atoms with E-state index in [0.29, 0.717) is 32.4 Å². The van der Waals surface area contributed by atoms with Gasteiger partial charge < -0.3 is 10.5 Å². The molecule has 2 aromatic carbocycles. The number of ether oxygens (including phenoxy) is 1. The Labute approximate surface area is 163 Å². The molecule has 4 rings (SSSR count). The van der Waals surface area contributed by atoms with E-state index in [1.807, 2.05) is 6.07 Å². The van der Waals surface area contributed by atoms with Gasteiger partial charge in [0.05, 0.1) is 27.2 Å². The van der Waals surface area contributed by atoms with E-state index >= 15 is 0 Å². The van der Waals surface area contributed by atoms with Crippen LogP contribution in [0.1, 0.15) is 17.0 Å². The first kappa shape index (κ1) is 17.4. The lowest BCUT2D eigenvalue weighted by Gasteiger charge is -2.24. The Morgan fingerprint density at radius 1 is 1.19 bits per heavy atom. The molecule has 27 heavy (non-hydrogen) atoms. The van der Waals surface area contributed by atoms with Gasteiger partial charge in [0.2, 0.25) is 11.8 Å². The molecule has 0 fully saturated rings. The van der Waals surface area contributed by atoms with Crippen molar-refractivity contribution in [1.29, 1.82) is 5.26 Å². The first-order chi connectivity index (χ1) is 13.0. The van der Waals surface area contributed by atoms with Crippen molar-refractivity contribution in [3.8, 4) is 23.2 Å². The summed E-state index contributed by atoms with van der Waals surface area (Å²) in [5.74, 6) is -1.16. The van der Waals surface area contributed by atoms with Crippen molar-refractivity contribution in [2.45, 2.75) is 5.92 Å². The molecule has 0 saturated heterocycles.